The number of carbonyl (C=O) groups is 2. The van der Waals surface area contributed by atoms with E-state index < -0.39 is 18.0 Å². The molecule has 1 aromatic heterocycles. The van der Waals surface area contributed by atoms with Gasteiger partial charge in [-0.05, 0) is 19.8 Å². The number of anilines is 1. The molecule has 1 aliphatic rings. The SMILES string of the molecule is COC(=O)c1nc(C)cc(N2CCCCCC2C(=O)O)n1. The maximum Gasteiger partial charge on any atom is 0.376 e. The zero-order chi connectivity index (χ0) is 15.4. The van der Waals surface area contributed by atoms with Crippen molar-refractivity contribution in [1.82, 2.24) is 9.97 Å². The second-order valence-electron chi connectivity index (χ2n) is 5.08. The molecule has 1 atom stereocenters. The second-order valence-corrected chi connectivity index (χ2v) is 5.08. The summed E-state index contributed by atoms with van der Waals surface area (Å²) in [6, 6.07) is 1.08. The van der Waals surface area contributed by atoms with E-state index in [2.05, 4.69) is 14.7 Å². The number of aliphatic carboxylic acids is 1. The number of methoxy groups -OCH3 is 1. The molecule has 0 bridgehead atoms. The highest BCUT2D eigenvalue weighted by molar-refractivity contribution is 5.85. The molecular formula is C14H19N3O4. The van der Waals surface area contributed by atoms with Crippen molar-refractivity contribution in [2.75, 3.05) is 18.6 Å². The Morgan fingerprint density at radius 3 is 2.76 bits per heavy atom. The van der Waals surface area contributed by atoms with Crippen LogP contribution in [-0.4, -0.2) is 46.7 Å². The highest BCUT2D eigenvalue weighted by Gasteiger charge is 2.29. The van der Waals surface area contributed by atoms with Gasteiger partial charge >= 0.3 is 11.9 Å². The number of nitrogens with zero attached hydrogens (tertiary/aromatic N) is 3. The van der Waals surface area contributed by atoms with Crippen LogP contribution in [0, 0.1) is 6.92 Å². The van der Waals surface area contributed by atoms with Crippen LogP contribution in [0.25, 0.3) is 0 Å². The normalized spacial score (nSPS) is 19.0. The Hall–Kier alpha value is -2.18. The zero-order valence-electron chi connectivity index (χ0n) is 12.2. The van der Waals surface area contributed by atoms with Gasteiger partial charge < -0.3 is 14.7 Å². The Balaban J connectivity index is 2.39. The first-order valence-electron chi connectivity index (χ1n) is 6.96. The Kier molecular flexibility index (Phi) is 4.72. The number of hydrogen-bond donors (Lipinski definition) is 1. The molecule has 0 aromatic carbocycles. The lowest BCUT2D eigenvalue weighted by molar-refractivity contribution is -0.138. The lowest BCUT2D eigenvalue weighted by Crippen LogP contribution is -2.41. The van der Waals surface area contributed by atoms with Crippen LogP contribution < -0.4 is 4.90 Å². The van der Waals surface area contributed by atoms with Crippen LogP contribution in [0.3, 0.4) is 0 Å². The molecule has 0 radical (unpaired) electrons. The van der Waals surface area contributed by atoms with E-state index in [1.54, 1.807) is 17.9 Å². The zero-order valence-corrected chi connectivity index (χ0v) is 12.2. The van der Waals surface area contributed by atoms with Crippen LogP contribution in [0.2, 0.25) is 0 Å². The summed E-state index contributed by atoms with van der Waals surface area (Å²) in [5.41, 5.74) is 0.605. The third-order valence-electron chi connectivity index (χ3n) is 3.54. The number of aromatic nitrogens is 2. The molecule has 0 amide bonds. The van der Waals surface area contributed by atoms with Crippen molar-refractivity contribution in [2.24, 2.45) is 0 Å². The number of rotatable bonds is 3. The van der Waals surface area contributed by atoms with Crippen molar-refractivity contribution in [2.45, 2.75) is 38.6 Å². The summed E-state index contributed by atoms with van der Waals surface area (Å²) in [5.74, 6) is -1.06. The van der Waals surface area contributed by atoms with Crippen LogP contribution >= 0.6 is 0 Å². The summed E-state index contributed by atoms with van der Waals surface area (Å²) in [6.07, 6.45) is 3.35. The first kappa shape index (κ1) is 15.2. The molecule has 1 N–H and O–H groups in total. The van der Waals surface area contributed by atoms with E-state index in [1.165, 1.54) is 7.11 Å². The van der Waals surface area contributed by atoms with E-state index in [4.69, 9.17) is 0 Å². The summed E-state index contributed by atoms with van der Waals surface area (Å²) in [7, 11) is 1.26. The van der Waals surface area contributed by atoms with Crippen molar-refractivity contribution < 1.29 is 19.4 Å². The molecule has 0 aliphatic carbocycles. The predicted molar refractivity (Wildman–Crippen MR) is 75.3 cm³/mol. The van der Waals surface area contributed by atoms with Crippen LogP contribution in [-0.2, 0) is 9.53 Å². The molecular weight excluding hydrogens is 274 g/mol. The fourth-order valence-corrected chi connectivity index (χ4v) is 2.52. The minimum atomic E-state index is -0.868. The van der Waals surface area contributed by atoms with Crippen molar-refractivity contribution in [3.63, 3.8) is 0 Å². The molecule has 1 aliphatic heterocycles. The van der Waals surface area contributed by atoms with Crippen LogP contribution in [0.5, 0.6) is 0 Å². The standard InChI is InChI=1S/C14H19N3O4/c1-9-8-11(16-12(15-9)14(20)21-2)17-7-5-3-4-6-10(17)13(18)19/h8,10H,3-7H2,1-2H3,(H,18,19). The quantitative estimate of drug-likeness (QED) is 0.842. The average molecular weight is 293 g/mol. The van der Waals surface area contributed by atoms with E-state index >= 15 is 0 Å². The van der Waals surface area contributed by atoms with Gasteiger partial charge in [0.2, 0.25) is 5.82 Å². The van der Waals surface area contributed by atoms with Gasteiger partial charge in [0, 0.05) is 18.3 Å². The van der Waals surface area contributed by atoms with Gasteiger partial charge in [-0.15, -0.1) is 0 Å². The third-order valence-corrected chi connectivity index (χ3v) is 3.54. The monoisotopic (exact) mass is 293 g/mol. The molecule has 0 spiro atoms. The molecule has 2 heterocycles. The number of esters is 1. The van der Waals surface area contributed by atoms with Gasteiger partial charge in [0.05, 0.1) is 7.11 Å². The minimum absolute atomic E-state index is 0.0408. The Bertz CT molecular complexity index is 547. The van der Waals surface area contributed by atoms with E-state index in [0.29, 0.717) is 24.5 Å². The summed E-state index contributed by atoms with van der Waals surface area (Å²) in [4.78, 5) is 33.0. The van der Waals surface area contributed by atoms with Gasteiger partial charge in [-0.25, -0.2) is 19.6 Å². The van der Waals surface area contributed by atoms with Gasteiger partial charge in [-0.3, -0.25) is 0 Å². The fourth-order valence-electron chi connectivity index (χ4n) is 2.52. The first-order valence-corrected chi connectivity index (χ1v) is 6.96. The fraction of sp³-hybridized carbons (Fsp3) is 0.571. The van der Waals surface area contributed by atoms with Crippen LogP contribution in [0.4, 0.5) is 5.82 Å². The molecule has 1 fully saturated rings. The summed E-state index contributed by atoms with van der Waals surface area (Å²) >= 11 is 0. The molecule has 114 valence electrons. The van der Waals surface area contributed by atoms with Gasteiger partial charge in [0.15, 0.2) is 0 Å². The highest BCUT2D eigenvalue weighted by atomic mass is 16.5. The van der Waals surface area contributed by atoms with Crippen molar-refractivity contribution in [3.8, 4) is 0 Å². The molecule has 1 aromatic rings. The molecule has 0 saturated carbocycles. The Morgan fingerprint density at radius 1 is 1.33 bits per heavy atom. The summed E-state index contributed by atoms with van der Waals surface area (Å²) < 4.78 is 4.63. The van der Waals surface area contributed by atoms with Crippen molar-refractivity contribution >= 4 is 17.8 Å². The molecule has 21 heavy (non-hydrogen) atoms. The van der Waals surface area contributed by atoms with E-state index in [0.717, 1.165) is 19.3 Å². The number of carboxylic acid groups (broad SMARTS) is 1. The molecule has 2 rings (SSSR count). The summed E-state index contributed by atoms with van der Waals surface area (Å²) in [6.45, 7) is 2.35. The van der Waals surface area contributed by atoms with Crippen molar-refractivity contribution in [1.29, 1.82) is 0 Å². The largest absolute Gasteiger partial charge is 0.480 e. The predicted octanol–water partition coefficient (Wildman–Crippen LogP) is 1.41. The topological polar surface area (TPSA) is 92.6 Å². The number of hydrogen-bond acceptors (Lipinski definition) is 6. The van der Waals surface area contributed by atoms with Gasteiger partial charge in [0.1, 0.15) is 11.9 Å². The number of ether oxygens (including phenoxy) is 1. The van der Waals surface area contributed by atoms with Gasteiger partial charge in [0.25, 0.3) is 0 Å². The number of carbonyl (C=O) groups excluding carboxylic acids is 1. The molecule has 1 saturated heterocycles. The minimum Gasteiger partial charge on any atom is -0.480 e. The van der Waals surface area contributed by atoms with Crippen molar-refractivity contribution in [3.05, 3.63) is 17.6 Å². The lowest BCUT2D eigenvalue weighted by Gasteiger charge is -2.28. The summed E-state index contributed by atoms with van der Waals surface area (Å²) in [5, 5.41) is 9.41. The maximum atomic E-state index is 11.6. The van der Waals surface area contributed by atoms with E-state index in [1.807, 2.05) is 0 Å². The van der Waals surface area contributed by atoms with E-state index in [-0.39, 0.29) is 5.82 Å². The molecule has 7 nitrogen and oxygen atoms in total. The maximum absolute atomic E-state index is 11.6. The number of aryl methyl sites for hydroxylation is 1. The van der Waals surface area contributed by atoms with Gasteiger partial charge in [-0.2, -0.15) is 0 Å². The van der Waals surface area contributed by atoms with Crippen LogP contribution in [0.15, 0.2) is 6.07 Å². The first-order chi connectivity index (χ1) is 10.0. The average Bonchev–Trinajstić information content (AvgIpc) is 2.71. The third kappa shape index (κ3) is 3.48. The lowest BCUT2D eigenvalue weighted by atomic mass is 10.1. The van der Waals surface area contributed by atoms with E-state index in [9.17, 15) is 14.7 Å². The van der Waals surface area contributed by atoms with Crippen LogP contribution in [0.1, 0.15) is 42.0 Å². The Labute approximate surface area is 123 Å². The highest BCUT2D eigenvalue weighted by Crippen LogP contribution is 2.23. The number of carboxylic acids is 1. The van der Waals surface area contributed by atoms with Gasteiger partial charge in [-0.1, -0.05) is 12.8 Å². The molecule has 7 heteroatoms. The second kappa shape index (κ2) is 6.51. The molecule has 1 unspecified atom stereocenters. The smallest absolute Gasteiger partial charge is 0.376 e. The Morgan fingerprint density at radius 2 is 2.10 bits per heavy atom.